The molecule has 130 valence electrons. The van der Waals surface area contributed by atoms with E-state index >= 15 is 0 Å². The smallest absolute Gasteiger partial charge is 0.393 e. The van der Waals surface area contributed by atoms with Crippen molar-refractivity contribution >= 4 is 10.4 Å². The summed E-state index contributed by atoms with van der Waals surface area (Å²) in [7, 11) is -4.50. The number of rotatable bonds is 2. The van der Waals surface area contributed by atoms with Crippen molar-refractivity contribution in [3.8, 4) is 5.75 Å². The number of aliphatic hydroxyl groups is 1. The van der Waals surface area contributed by atoms with Crippen LogP contribution in [0.4, 0.5) is 0 Å². The monoisotopic (exact) mass is 350 g/mol. The number of hydrogen-bond acceptors (Lipinski definition) is 4. The molecule has 2 N–H and O–H groups in total. The standard InChI is InChI=1S/C18H22O5S/c1-18-9-8-14-13-5-3-12(23-24(20,21)22)10-11(13)2-4-15(14)16(18)6-7-17(18)19/h3-5,10,14,16-17,19H,2,6-9H2,1H3,(H,20,21,22)/t14-,16+,17+,18+/m0/s1. The number of fused-ring (bicyclic) bond motifs is 5. The first-order valence-electron chi connectivity index (χ1n) is 8.46. The van der Waals surface area contributed by atoms with Crippen LogP contribution in [0.2, 0.25) is 0 Å². The van der Waals surface area contributed by atoms with Crippen molar-refractivity contribution in [1.82, 2.24) is 0 Å². The largest absolute Gasteiger partial charge is 0.446 e. The lowest BCUT2D eigenvalue weighted by Crippen LogP contribution is -2.39. The summed E-state index contributed by atoms with van der Waals surface area (Å²) in [5.41, 5.74) is 3.70. The maximum Gasteiger partial charge on any atom is 0.446 e. The Morgan fingerprint density at radius 1 is 1.25 bits per heavy atom. The van der Waals surface area contributed by atoms with Crippen LogP contribution in [0.5, 0.6) is 5.75 Å². The minimum atomic E-state index is -4.50. The third-order valence-corrected chi connectivity index (χ3v) is 6.71. The van der Waals surface area contributed by atoms with Gasteiger partial charge in [-0.2, -0.15) is 8.42 Å². The third kappa shape index (κ3) is 2.48. The van der Waals surface area contributed by atoms with E-state index in [1.807, 2.05) is 6.07 Å². The molecule has 4 atom stereocenters. The molecule has 0 aliphatic heterocycles. The van der Waals surface area contributed by atoms with Crippen LogP contribution < -0.4 is 4.18 Å². The molecule has 4 rings (SSSR count). The molecule has 0 saturated heterocycles. The first-order chi connectivity index (χ1) is 11.3. The summed E-state index contributed by atoms with van der Waals surface area (Å²) in [6, 6.07) is 5.22. The van der Waals surface area contributed by atoms with E-state index in [1.165, 1.54) is 11.1 Å². The predicted octanol–water partition coefficient (Wildman–Crippen LogP) is 3.01. The zero-order valence-corrected chi connectivity index (χ0v) is 14.4. The number of aliphatic hydroxyl groups excluding tert-OH is 1. The van der Waals surface area contributed by atoms with Gasteiger partial charge < -0.3 is 9.29 Å². The van der Waals surface area contributed by atoms with Gasteiger partial charge in [0.15, 0.2) is 0 Å². The Balaban J connectivity index is 1.67. The lowest BCUT2D eigenvalue weighted by Gasteiger charge is -2.46. The average Bonchev–Trinajstić information content (AvgIpc) is 2.81. The molecule has 0 amide bonds. The lowest BCUT2D eigenvalue weighted by atomic mass is 9.59. The zero-order chi connectivity index (χ0) is 17.1. The minimum Gasteiger partial charge on any atom is -0.393 e. The van der Waals surface area contributed by atoms with Gasteiger partial charge in [-0.05, 0) is 61.3 Å². The molecule has 24 heavy (non-hydrogen) atoms. The van der Waals surface area contributed by atoms with Gasteiger partial charge in [0.2, 0.25) is 0 Å². The van der Waals surface area contributed by atoms with E-state index in [-0.39, 0.29) is 17.3 Å². The van der Waals surface area contributed by atoms with Gasteiger partial charge in [-0.25, -0.2) is 0 Å². The molecule has 5 nitrogen and oxygen atoms in total. The maximum atomic E-state index is 10.9. The molecule has 6 heteroatoms. The van der Waals surface area contributed by atoms with Gasteiger partial charge in [0.05, 0.1) is 6.10 Å². The van der Waals surface area contributed by atoms with Gasteiger partial charge in [-0.3, -0.25) is 4.55 Å². The van der Waals surface area contributed by atoms with Crippen molar-refractivity contribution in [3.05, 3.63) is 41.0 Å². The molecule has 0 heterocycles. The maximum absolute atomic E-state index is 10.9. The fourth-order valence-corrected chi connectivity index (χ4v) is 5.44. The lowest BCUT2D eigenvalue weighted by molar-refractivity contribution is 0.0267. The van der Waals surface area contributed by atoms with E-state index < -0.39 is 10.4 Å². The van der Waals surface area contributed by atoms with Gasteiger partial charge in [-0.1, -0.05) is 24.6 Å². The van der Waals surface area contributed by atoms with Crippen LogP contribution in [0.3, 0.4) is 0 Å². The van der Waals surface area contributed by atoms with E-state index in [2.05, 4.69) is 17.2 Å². The Bertz CT molecular complexity index is 813. The van der Waals surface area contributed by atoms with Crippen molar-refractivity contribution in [2.24, 2.45) is 11.3 Å². The van der Waals surface area contributed by atoms with Crippen LogP contribution in [0.1, 0.15) is 49.7 Å². The highest BCUT2D eigenvalue weighted by molar-refractivity contribution is 7.81. The van der Waals surface area contributed by atoms with Gasteiger partial charge in [-0.15, -0.1) is 0 Å². The molecule has 0 aromatic heterocycles. The Hall–Kier alpha value is -1.37. The highest BCUT2D eigenvalue weighted by Crippen LogP contribution is 2.59. The molecular formula is C18H22O5S. The summed E-state index contributed by atoms with van der Waals surface area (Å²) in [5, 5.41) is 10.4. The third-order valence-electron chi connectivity index (χ3n) is 6.31. The van der Waals surface area contributed by atoms with Crippen LogP contribution in [-0.2, 0) is 16.8 Å². The molecule has 1 aromatic carbocycles. The topological polar surface area (TPSA) is 83.8 Å². The molecule has 3 aliphatic carbocycles. The second-order valence-corrected chi connectivity index (χ2v) is 8.54. The Kier molecular flexibility index (Phi) is 3.57. The quantitative estimate of drug-likeness (QED) is 0.633. The zero-order valence-electron chi connectivity index (χ0n) is 13.6. The number of hydrogen-bond donors (Lipinski definition) is 2. The highest BCUT2D eigenvalue weighted by atomic mass is 32.3. The highest BCUT2D eigenvalue weighted by Gasteiger charge is 2.51. The van der Waals surface area contributed by atoms with Gasteiger partial charge in [0.1, 0.15) is 5.75 Å². The number of allylic oxidation sites excluding steroid dienone is 2. The predicted molar refractivity (Wildman–Crippen MR) is 89.2 cm³/mol. The molecule has 0 radical (unpaired) electrons. The van der Waals surface area contributed by atoms with Gasteiger partial charge in [0, 0.05) is 11.3 Å². The van der Waals surface area contributed by atoms with Crippen molar-refractivity contribution in [2.75, 3.05) is 0 Å². The molecule has 0 bridgehead atoms. The summed E-state index contributed by atoms with van der Waals surface area (Å²) in [4.78, 5) is 0. The average molecular weight is 350 g/mol. The summed E-state index contributed by atoms with van der Waals surface area (Å²) in [5.74, 6) is 0.926. The van der Waals surface area contributed by atoms with Crippen LogP contribution in [-0.4, -0.2) is 24.2 Å². The van der Waals surface area contributed by atoms with Crippen LogP contribution in [0, 0.1) is 11.3 Å². The molecule has 3 aliphatic rings. The van der Waals surface area contributed by atoms with Crippen molar-refractivity contribution in [1.29, 1.82) is 0 Å². The van der Waals surface area contributed by atoms with Crippen molar-refractivity contribution < 1.29 is 22.3 Å². The fourth-order valence-electron chi connectivity index (χ4n) is 5.09. The molecule has 2 fully saturated rings. The minimum absolute atomic E-state index is 0.00610. The summed E-state index contributed by atoms with van der Waals surface area (Å²) in [6.45, 7) is 2.21. The van der Waals surface area contributed by atoms with Gasteiger partial charge in [0.25, 0.3) is 0 Å². The van der Waals surface area contributed by atoms with Crippen molar-refractivity contribution in [3.63, 3.8) is 0 Å². The summed E-state index contributed by atoms with van der Waals surface area (Å²) < 4.78 is 35.2. The first-order valence-corrected chi connectivity index (χ1v) is 9.82. The molecule has 0 unspecified atom stereocenters. The van der Waals surface area contributed by atoms with Gasteiger partial charge >= 0.3 is 10.4 Å². The second kappa shape index (κ2) is 5.31. The molecular weight excluding hydrogens is 328 g/mol. The van der Waals surface area contributed by atoms with E-state index in [0.29, 0.717) is 11.8 Å². The summed E-state index contributed by atoms with van der Waals surface area (Å²) >= 11 is 0. The van der Waals surface area contributed by atoms with E-state index in [9.17, 15) is 13.5 Å². The Labute approximate surface area is 142 Å². The summed E-state index contributed by atoms with van der Waals surface area (Å²) in [6.07, 6.45) is 6.69. The van der Waals surface area contributed by atoms with E-state index in [4.69, 9.17) is 4.55 Å². The number of benzene rings is 1. The van der Waals surface area contributed by atoms with E-state index in [1.54, 1.807) is 12.1 Å². The first kappa shape index (κ1) is 16.1. The van der Waals surface area contributed by atoms with E-state index in [0.717, 1.165) is 37.7 Å². The van der Waals surface area contributed by atoms with Crippen LogP contribution in [0.25, 0.3) is 0 Å². The fraction of sp³-hybridized carbons (Fsp3) is 0.556. The van der Waals surface area contributed by atoms with Crippen LogP contribution in [0.15, 0.2) is 29.8 Å². The SMILES string of the molecule is C[C@@]12CC[C@@H]3C(=CCc4cc(OS(=O)(=O)O)ccc43)[C@H]1CC[C@H]2O. The Morgan fingerprint density at radius 2 is 2.04 bits per heavy atom. The molecule has 2 saturated carbocycles. The van der Waals surface area contributed by atoms with Crippen molar-refractivity contribution in [2.45, 2.75) is 51.0 Å². The Morgan fingerprint density at radius 3 is 2.79 bits per heavy atom. The second-order valence-electron chi connectivity index (χ2n) is 7.52. The molecule has 1 aromatic rings. The van der Waals surface area contributed by atoms with Crippen LogP contribution >= 0.6 is 0 Å². The normalized spacial score (nSPS) is 34.8. The molecule has 0 spiro atoms.